The van der Waals surface area contributed by atoms with Crippen molar-refractivity contribution in [1.82, 2.24) is 0 Å². The van der Waals surface area contributed by atoms with E-state index < -0.39 is 0 Å². The summed E-state index contributed by atoms with van der Waals surface area (Å²) < 4.78 is 0. The molecule has 0 bridgehead atoms. The normalized spacial score (nSPS) is 16.5. The Hall–Kier alpha value is -1.15. The number of ketones is 1. The lowest BCUT2D eigenvalue weighted by atomic mass is 9.76. The lowest BCUT2D eigenvalue weighted by Gasteiger charge is -2.28. The number of carbonyl (C=O) groups is 1. The smallest absolute Gasteiger partial charge is 0.138 e. The van der Waals surface area contributed by atoms with E-state index in [1.54, 1.807) is 0 Å². The summed E-state index contributed by atoms with van der Waals surface area (Å²) in [6.45, 7) is 9.84. The van der Waals surface area contributed by atoms with E-state index >= 15 is 0 Å². The van der Waals surface area contributed by atoms with Gasteiger partial charge in [0.15, 0.2) is 0 Å². The third-order valence-corrected chi connectivity index (χ3v) is 3.87. The number of aliphatic hydroxyl groups excluding tert-OH is 1. The van der Waals surface area contributed by atoms with Crippen LogP contribution in [-0.2, 0) is 4.79 Å². The highest BCUT2D eigenvalue weighted by Gasteiger charge is 2.28. The molecule has 0 amide bonds. The highest BCUT2D eigenvalue weighted by Crippen LogP contribution is 2.34. The Bertz CT molecular complexity index is 415. The molecule has 1 N–H and O–H groups in total. The first-order valence-electron chi connectivity index (χ1n) is 7.48. The number of aliphatic hydroxyl groups is 1. The van der Waals surface area contributed by atoms with Crippen molar-refractivity contribution < 1.29 is 9.90 Å². The zero-order chi connectivity index (χ0) is 15.3. The molecular weight excluding hydrogens is 248 g/mol. The zero-order valence-electron chi connectivity index (χ0n) is 13.4. The molecule has 0 radical (unpaired) electrons. The van der Waals surface area contributed by atoms with Crippen molar-refractivity contribution in [1.29, 1.82) is 0 Å². The summed E-state index contributed by atoms with van der Waals surface area (Å²) in [5.74, 6) is 0.741. The van der Waals surface area contributed by atoms with Crippen molar-refractivity contribution in [3.63, 3.8) is 0 Å². The Morgan fingerprint density at radius 3 is 2.15 bits per heavy atom. The molecule has 0 aliphatic carbocycles. The van der Waals surface area contributed by atoms with Gasteiger partial charge in [0.05, 0.1) is 6.10 Å². The van der Waals surface area contributed by atoms with E-state index in [0.717, 1.165) is 6.42 Å². The fraction of sp³-hybridized carbons (Fsp3) is 0.611. The molecule has 3 atom stereocenters. The third-order valence-electron chi connectivity index (χ3n) is 3.87. The van der Waals surface area contributed by atoms with Crippen LogP contribution in [-0.4, -0.2) is 17.0 Å². The summed E-state index contributed by atoms with van der Waals surface area (Å²) in [5.41, 5.74) is 0.885. The minimum Gasteiger partial charge on any atom is -0.393 e. The SMILES string of the molecule is C[C@H](O)C[C@@H](C)[C@H](CC(=O)C(C)(C)C)c1ccccc1. The number of carbonyl (C=O) groups excluding carboxylic acids is 1. The van der Waals surface area contributed by atoms with Gasteiger partial charge in [-0.3, -0.25) is 4.79 Å². The molecule has 0 saturated heterocycles. The fourth-order valence-corrected chi connectivity index (χ4v) is 2.56. The maximum absolute atomic E-state index is 12.4. The van der Waals surface area contributed by atoms with Crippen molar-refractivity contribution in [2.45, 2.75) is 59.5 Å². The van der Waals surface area contributed by atoms with Gasteiger partial charge in [-0.1, -0.05) is 58.0 Å². The van der Waals surface area contributed by atoms with Crippen LogP contribution in [0.5, 0.6) is 0 Å². The van der Waals surface area contributed by atoms with Crippen molar-refractivity contribution in [2.24, 2.45) is 11.3 Å². The first-order valence-corrected chi connectivity index (χ1v) is 7.48. The van der Waals surface area contributed by atoms with E-state index in [0.29, 0.717) is 6.42 Å². The fourth-order valence-electron chi connectivity index (χ4n) is 2.56. The zero-order valence-corrected chi connectivity index (χ0v) is 13.4. The van der Waals surface area contributed by atoms with Crippen LogP contribution < -0.4 is 0 Å². The molecular formula is C18H28O2. The Labute approximate surface area is 123 Å². The maximum Gasteiger partial charge on any atom is 0.138 e. The van der Waals surface area contributed by atoms with Crippen molar-refractivity contribution in [3.8, 4) is 0 Å². The molecule has 0 aliphatic rings. The maximum atomic E-state index is 12.4. The van der Waals surface area contributed by atoms with E-state index in [1.807, 2.05) is 45.9 Å². The molecule has 112 valence electrons. The van der Waals surface area contributed by atoms with Gasteiger partial charge in [0, 0.05) is 11.8 Å². The summed E-state index contributed by atoms with van der Waals surface area (Å²) in [7, 11) is 0. The standard InChI is InChI=1S/C18H28O2/c1-13(11-14(2)19)16(12-17(20)18(3,4)5)15-9-7-6-8-10-15/h6-10,13-14,16,19H,11-12H2,1-5H3/t13-,14+,16+/m1/s1. The minimum absolute atomic E-state index is 0.178. The van der Waals surface area contributed by atoms with Crippen LogP contribution in [0.15, 0.2) is 30.3 Å². The van der Waals surface area contributed by atoms with Crippen LogP contribution in [0.1, 0.15) is 58.9 Å². The van der Waals surface area contributed by atoms with Crippen LogP contribution >= 0.6 is 0 Å². The topological polar surface area (TPSA) is 37.3 Å². The summed E-state index contributed by atoms with van der Waals surface area (Å²) in [6.07, 6.45) is 0.930. The van der Waals surface area contributed by atoms with Gasteiger partial charge in [0.25, 0.3) is 0 Å². The van der Waals surface area contributed by atoms with Crippen LogP contribution in [0.2, 0.25) is 0 Å². The largest absolute Gasteiger partial charge is 0.393 e. The molecule has 2 heteroatoms. The number of rotatable bonds is 6. The molecule has 0 spiro atoms. The van der Waals surface area contributed by atoms with Crippen molar-refractivity contribution in [2.75, 3.05) is 0 Å². The average molecular weight is 276 g/mol. The van der Waals surface area contributed by atoms with Gasteiger partial charge in [0.1, 0.15) is 5.78 Å². The quantitative estimate of drug-likeness (QED) is 0.846. The Morgan fingerprint density at radius 2 is 1.70 bits per heavy atom. The second-order valence-corrected chi connectivity index (χ2v) is 6.96. The molecule has 20 heavy (non-hydrogen) atoms. The molecule has 1 aromatic carbocycles. The highest BCUT2D eigenvalue weighted by molar-refractivity contribution is 5.84. The molecule has 1 aromatic rings. The first-order chi connectivity index (χ1) is 9.21. The van der Waals surface area contributed by atoms with Gasteiger partial charge < -0.3 is 5.11 Å². The monoisotopic (exact) mass is 276 g/mol. The van der Waals surface area contributed by atoms with Crippen molar-refractivity contribution >= 4 is 5.78 Å². The molecule has 2 nitrogen and oxygen atoms in total. The van der Waals surface area contributed by atoms with Crippen LogP contribution in [0.4, 0.5) is 0 Å². The molecule has 0 unspecified atom stereocenters. The Kier molecular flexibility index (Phi) is 5.94. The highest BCUT2D eigenvalue weighted by atomic mass is 16.3. The molecule has 0 aromatic heterocycles. The van der Waals surface area contributed by atoms with Gasteiger partial charge in [-0.2, -0.15) is 0 Å². The molecule has 1 rings (SSSR count). The number of Topliss-reactive ketones (excluding diaryl/α,β-unsaturated/α-hetero) is 1. The number of hydrogen-bond donors (Lipinski definition) is 1. The van der Waals surface area contributed by atoms with Gasteiger partial charge in [-0.25, -0.2) is 0 Å². The van der Waals surface area contributed by atoms with Crippen LogP contribution in [0, 0.1) is 11.3 Å². The van der Waals surface area contributed by atoms with Gasteiger partial charge in [0.2, 0.25) is 0 Å². The number of benzene rings is 1. The summed E-state index contributed by atoms with van der Waals surface area (Å²) >= 11 is 0. The lowest BCUT2D eigenvalue weighted by Crippen LogP contribution is -2.25. The molecule has 0 fully saturated rings. The van der Waals surface area contributed by atoms with Gasteiger partial charge >= 0.3 is 0 Å². The first kappa shape index (κ1) is 16.9. The van der Waals surface area contributed by atoms with Crippen molar-refractivity contribution in [3.05, 3.63) is 35.9 Å². The molecule has 0 heterocycles. The van der Waals surface area contributed by atoms with Crippen LogP contribution in [0.3, 0.4) is 0 Å². The van der Waals surface area contributed by atoms with E-state index in [-0.39, 0.29) is 29.1 Å². The third kappa shape index (κ3) is 5.09. The molecule has 0 saturated carbocycles. The van der Waals surface area contributed by atoms with Gasteiger partial charge in [-0.15, -0.1) is 0 Å². The second kappa shape index (κ2) is 7.03. The number of hydrogen-bond acceptors (Lipinski definition) is 2. The Balaban J connectivity index is 2.94. The summed E-state index contributed by atoms with van der Waals surface area (Å²) in [4.78, 5) is 12.4. The average Bonchev–Trinajstić information content (AvgIpc) is 2.34. The van der Waals surface area contributed by atoms with Gasteiger partial charge in [-0.05, 0) is 30.7 Å². The van der Waals surface area contributed by atoms with E-state index in [1.165, 1.54) is 5.56 Å². The lowest BCUT2D eigenvalue weighted by molar-refractivity contribution is -0.127. The van der Waals surface area contributed by atoms with E-state index in [4.69, 9.17) is 0 Å². The predicted octanol–water partition coefficient (Wildman–Crippen LogP) is 4.18. The molecule has 0 aliphatic heterocycles. The predicted molar refractivity (Wildman–Crippen MR) is 83.7 cm³/mol. The minimum atomic E-state index is -0.332. The summed E-state index contributed by atoms with van der Waals surface area (Å²) in [5, 5.41) is 9.63. The Morgan fingerprint density at radius 1 is 1.15 bits per heavy atom. The van der Waals surface area contributed by atoms with Crippen LogP contribution in [0.25, 0.3) is 0 Å². The second-order valence-electron chi connectivity index (χ2n) is 6.96. The summed E-state index contributed by atoms with van der Waals surface area (Å²) in [6, 6.07) is 10.2. The van der Waals surface area contributed by atoms with E-state index in [9.17, 15) is 9.90 Å². The van der Waals surface area contributed by atoms with E-state index in [2.05, 4.69) is 19.1 Å².